The highest BCUT2D eigenvalue weighted by Gasteiger charge is 2.34. The van der Waals surface area contributed by atoms with Gasteiger partial charge in [-0.2, -0.15) is 5.01 Å². The van der Waals surface area contributed by atoms with E-state index in [1.807, 2.05) is 0 Å². The van der Waals surface area contributed by atoms with Crippen LogP contribution in [0, 0.1) is 0 Å². The Balaban J connectivity index is 1.79. The first-order chi connectivity index (χ1) is 12.0. The summed E-state index contributed by atoms with van der Waals surface area (Å²) in [6.07, 6.45) is 1.67. The van der Waals surface area contributed by atoms with E-state index in [2.05, 4.69) is 5.43 Å². The zero-order chi connectivity index (χ0) is 18.0. The maximum Gasteiger partial charge on any atom is 0.285 e. The number of aromatic hydroxyl groups is 1. The first-order valence-electron chi connectivity index (χ1n) is 7.08. The number of rotatable bonds is 3. The van der Waals surface area contributed by atoms with Crippen molar-refractivity contribution in [3.8, 4) is 5.75 Å². The fourth-order valence-corrected chi connectivity index (χ4v) is 3.41. The number of nitrogens with zero attached hydrogens (tertiary/aromatic N) is 1. The molecule has 3 rings (SSSR count). The van der Waals surface area contributed by atoms with E-state index in [1.54, 1.807) is 42.5 Å². The number of carbonyl (C=O) groups excluding carboxylic acids is 2. The number of hydrogen-bond acceptors (Lipinski definition) is 5. The highest BCUT2D eigenvalue weighted by Crippen LogP contribution is 2.31. The summed E-state index contributed by atoms with van der Waals surface area (Å²) in [6, 6.07) is 13.0. The molecule has 0 bridgehead atoms. The van der Waals surface area contributed by atoms with E-state index < -0.39 is 11.8 Å². The van der Waals surface area contributed by atoms with Crippen molar-refractivity contribution in [1.82, 2.24) is 10.4 Å². The summed E-state index contributed by atoms with van der Waals surface area (Å²) in [7, 11) is 0. The summed E-state index contributed by atoms with van der Waals surface area (Å²) < 4.78 is 0.203. The molecule has 1 aliphatic rings. The Morgan fingerprint density at radius 2 is 1.88 bits per heavy atom. The van der Waals surface area contributed by atoms with Crippen LogP contribution in [0.2, 0.25) is 5.02 Å². The molecule has 1 heterocycles. The first kappa shape index (κ1) is 17.5. The van der Waals surface area contributed by atoms with Gasteiger partial charge in [-0.1, -0.05) is 47.6 Å². The summed E-state index contributed by atoms with van der Waals surface area (Å²) in [5.41, 5.74) is 3.26. The van der Waals surface area contributed by atoms with Gasteiger partial charge in [0.15, 0.2) is 4.32 Å². The minimum Gasteiger partial charge on any atom is -0.507 e. The average Bonchev–Trinajstić information content (AvgIpc) is 2.85. The lowest BCUT2D eigenvalue weighted by Gasteiger charge is -2.16. The Bertz CT molecular complexity index is 897. The van der Waals surface area contributed by atoms with Crippen LogP contribution in [0.1, 0.15) is 15.9 Å². The molecule has 126 valence electrons. The number of thiocarbonyl (C=S) groups is 1. The van der Waals surface area contributed by atoms with Gasteiger partial charge >= 0.3 is 0 Å². The number of phenols is 1. The maximum atomic E-state index is 12.5. The molecule has 0 aliphatic carbocycles. The number of amides is 2. The number of phenolic OH excluding ortho intramolecular Hbond substituents is 1. The molecule has 0 saturated carbocycles. The molecular weight excluding hydrogens is 380 g/mol. The SMILES string of the molecule is O=C(NN1C(=O)C(=Cc2ccc(Cl)cc2)SC1=S)c1ccccc1O. The van der Waals surface area contributed by atoms with Gasteiger partial charge in [-0.25, -0.2) is 0 Å². The standard InChI is InChI=1S/C17H11ClN2O3S2/c18-11-7-5-10(6-8-11)9-14-16(23)20(17(24)25-14)19-15(22)12-3-1-2-4-13(12)21/h1-9,21H,(H,19,22). The molecule has 0 spiro atoms. The Morgan fingerprint density at radius 3 is 2.56 bits per heavy atom. The fourth-order valence-electron chi connectivity index (χ4n) is 2.10. The van der Waals surface area contributed by atoms with Gasteiger partial charge in [-0.05, 0) is 48.1 Å². The number of carbonyl (C=O) groups is 2. The van der Waals surface area contributed by atoms with Gasteiger partial charge in [0.2, 0.25) is 0 Å². The summed E-state index contributed by atoms with van der Waals surface area (Å²) in [5.74, 6) is -1.24. The van der Waals surface area contributed by atoms with Crippen LogP contribution >= 0.6 is 35.6 Å². The number of hydrazine groups is 1. The second-order valence-electron chi connectivity index (χ2n) is 5.03. The third-order valence-corrected chi connectivity index (χ3v) is 4.88. The number of benzene rings is 2. The number of thioether (sulfide) groups is 1. The molecule has 1 fully saturated rings. The molecule has 0 unspecified atom stereocenters. The third kappa shape index (κ3) is 3.84. The summed E-state index contributed by atoms with van der Waals surface area (Å²) in [5, 5.41) is 11.3. The Kier molecular flexibility index (Phi) is 5.08. The summed E-state index contributed by atoms with van der Waals surface area (Å²) >= 11 is 12.1. The van der Waals surface area contributed by atoms with Crippen molar-refractivity contribution in [2.24, 2.45) is 0 Å². The van der Waals surface area contributed by atoms with Gasteiger partial charge in [0.25, 0.3) is 11.8 Å². The normalized spacial score (nSPS) is 15.7. The van der Waals surface area contributed by atoms with Crippen LogP contribution in [0.4, 0.5) is 0 Å². The third-order valence-electron chi connectivity index (χ3n) is 3.32. The molecule has 2 aromatic carbocycles. The number of nitrogens with one attached hydrogen (secondary N) is 1. The number of halogens is 1. The van der Waals surface area contributed by atoms with Gasteiger partial charge in [0.1, 0.15) is 5.75 Å². The predicted molar refractivity (Wildman–Crippen MR) is 102 cm³/mol. The quantitative estimate of drug-likeness (QED) is 0.619. The number of para-hydroxylation sites is 1. The van der Waals surface area contributed by atoms with Crippen LogP contribution < -0.4 is 5.43 Å². The summed E-state index contributed by atoms with van der Waals surface area (Å²) in [4.78, 5) is 25.1. The predicted octanol–water partition coefficient (Wildman–Crippen LogP) is 3.59. The van der Waals surface area contributed by atoms with Crippen molar-refractivity contribution < 1.29 is 14.7 Å². The van der Waals surface area contributed by atoms with Gasteiger partial charge in [-0.15, -0.1) is 0 Å². The van der Waals surface area contributed by atoms with E-state index in [4.69, 9.17) is 23.8 Å². The maximum absolute atomic E-state index is 12.5. The lowest BCUT2D eigenvalue weighted by atomic mass is 10.2. The highest BCUT2D eigenvalue weighted by atomic mass is 35.5. The molecule has 1 aliphatic heterocycles. The fraction of sp³-hybridized carbons (Fsp3) is 0. The van der Waals surface area contributed by atoms with E-state index in [-0.39, 0.29) is 15.6 Å². The van der Waals surface area contributed by atoms with E-state index >= 15 is 0 Å². The molecule has 25 heavy (non-hydrogen) atoms. The lowest BCUT2D eigenvalue weighted by molar-refractivity contribution is -0.123. The number of hydrogen-bond donors (Lipinski definition) is 2. The van der Waals surface area contributed by atoms with Crippen LogP contribution in [0.15, 0.2) is 53.4 Å². The van der Waals surface area contributed by atoms with Crippen LogP contribution in [0.3, 0.4) is 0 Å². The second kappa shape index (κ2) is 7.26. The van der Waals surface area contributed by atoms with Crippen LogP contribution in [0.25, 0.3) is 6.08 Å². The topological polar surface area (TPSA) is 69.6 Å². The van der Waals surface area contributed by atoms with E-state index in [9.17, 15) is 14.7 Å². The van der Waals surface area contributed by atoms with E-state index in [1.165, 1.54) is 12.1 Å². The van der Waals surface area contributed by atoms with Gasteiger partial charge in [0.05, 0.1) is 10.5 Å². The zero-order valence-corrected chi connectivity index (χ0v) is 15.0. The Morgan fingerprint density at radius 1 is 1.20 bits per heavy atom. The molecule has 1 saturated heterocycles. The average molecular weight is 391 g/mol. The van der Waals surface area contributed by atoms with Crippen molar-refractivity contribution in [3.63, 3.8) is 0 Å². The first-order valence-corrected chi connectivity index (χ1v) is 8.68. The van der Waals surface area contributed by atoms with Crippen LogP contribution in [-0.4, -0.2) is 26.3 Å². The minimum absolute atomic E-state index is 0.0539. The molecule has 2 amide bonds. The van der Waals surface area contributed by atoms with Crippen molar-refractivity contribution >= 4 is 57.8 Å². The van der Waals surface area contributed by atoms with Gasteiger partial charge in [0, 0.05) is 5.02 Å². The van der Waals surface area contributed by atoms with Crippen molar-refractivity contribution in [2.45, 2.75) is 0 Å². The van der Waals surface area contributed by atoms with E-state index in [0.717, 1.165) is 22.3 Å². The highest BCUT2D eigenvalue weighted by molar-refractivity contribution is 8.26. The molecule has 0 radical (unpaired) electrons. The second-order valence-corrected chi connectivity index (χ2v) is 7.14. The summed E-state index contributed by atoms with van der Waals surface area (Å²) in [6.45, 7) is 0. The van der Waals surface area contributed by atoms with Crippen LogP contribution in [0.5, 0.6) is 5.75 Å². The lowest BCUT2D eigenvalue weighted by Crippen LogP contribution is -2.44. The van der Waals surface area contributed by atoms with Gasteiger partial charge in [-0.3, -0.25) is 15.0 Å². The molecule has 0 aromatic heterocycles. The Labute approximate surface area is 158 Å². The largest absolute Gasteiger partial charge is 0.507 e. The van der Waals surface area contributed by atoms with Crippen LogP contribution in [-0.2, 0) is 4.79 Å². The van der Waals surface area contributed by atoms with Crippen molar-refractivity contribution in [2.75, 3.05) is 0 Å². The van der Waals surface area contributed by atoms with Crippen molar-refractivity contribution in [3.05, 3.63) is 69.6 Å². The smallest absolute Gasteiger partial charge is 0.285 e. The molecule has 2 N–H and O–H groups in total. The van der Waals surface area contributed by atoms with E-state index in [0.29, 0.717) is 9.93 Å². The molecule has 0 atom stereocenters. The molecule has 5 nitrogen and oxygen atoms in total. The molecular formula is C17H11ClN2O3S2. The van der Waals surface area contributed by atoms with Gasteiger partial charge < -0.3 is 5.11 Å². The zero-order valence-electron chi connectivity index (χ0n) is 12.6. The monoisotopic (exact) mass is 390 g/mol. The molecule has 8 heteroatoms. The van der Waals surface area contributed by atoms with Crippen molar-refractivity contribution in [1.29, 1.82) is 0 Å². The molecule has 2 aromatic rings. The minimum atomic E-state index is -0.623. The Hall–Kier alpha value is -2.35.